The summed E-state index contributed by atoms with van der Waals surface area (Å²) in [5.41, 5.74) is 0.143. The first-order valence-corrected chi connectivity index (χ1v) is 7.58. The molecule has 1 aromatic rings. The number of carboxylic acid groups (broad SMARTS) is 1. The Morgan fingerprint density at radius 2 is 1.88 bits per heavy atom. The number of amides is 1. The first-order chi connectivity index (χ1) is 11.3. The zero-order chi connectivity index (χ0) is 17.7. The summed E-state index contributed by atoms with van der Waals surface area (Å²) in [6.45, 7) is -1.45. The fraction of sp³-hybridized carbons (Fsp3) is 0.500. The Balaban J connectivity index is 2.02. The molecular weight excluding hydrogens is 327 g/mol. The normalized spacial score (nSPS) is 21.1. The van der Waals surface area contributed by atoms with Gasteiger partial charge in [0.25, 0.3) is 0 Å². The molecule has 0 saturated heterocycles. The Kier molecular flexibility index (Phi) is 5.69. The van der Waals surface area contributed by atoms with Crippen LogP contribution in [0.25, 0.3) is 0 Å². The van der Waals surface area contributed by atoms with E-state index in [1.807, 2.05) is 0 Å². The van der Waals surface area contributed by atoms with Crippen LogP contribution in [0.5, 0.6) is 5.75 Å². The highest BCUT2D eigenvalue weighted by Crippen LogP contribution is 2.32. The number of carbonyl (C=O) groups excluding carboxylic acids is 1. The molecule has 5 nitrogen and oxygen atoms in total. The van der Waals surface area contributed by atoms with Crippen LogP contribution < -0.4 is 10.1 Å². The Hall–Kier alpha value is -2.25. The van der Waals surface area contributed by atoms with E-state index in [4.69, 9.17) is 9.84 Å². The van der Waals surface area contributed by atoms with Crippen LogP contribution in [0, 0.1) is 11.8 Å². The van der Waals surface area contributed by atoms with Gasteiger partial charge in [-0.1, -0.05) is 18.6 Å². The third-order valence-corrected chi connectivity index (χ3v) is 3.93. The fourth-order valence-electron chi connectivity index (χ4n) is 2.74. The van der Waals surface area contributed by atoms with Crippen molar-refractivity contribution in [2.45, 2.75) is 31.9 Å². The van der Waals surface area contributed by atoms with Crippen LogP contribution in [0.15, 0.2) is 24.3 Å². The summed E-state index contributed by atoms with van der Waals surface area (Å²) in [5, 5.41) is 11.6. The molecule has 0 heterocycles. The Morgan fingerprint density at radius 1 is 1.21 bits per heavy atom. The van der Waals surface area contributed by atoms with Gasteiger partial charge < -0.3 is 15.2 Å². The molecule has 1 aliphatic rings. The molecule has 1 amide bonds. The predicted molar refractivity (Wildman–Crippen MR) is 79.7 cm³/mol. The second-order valence-electron chi connectivity index (χ2n) is 5.79. The van der Waals surface area contributed by atoms with E-state index in [-0.39, 0.29) is 17.9 Å². The molecule has 0 bridgehead atoms. The van der Waals surface area contributed by atoms with Crippen molar-refractivity contribution in [3.63, 3.8) is 0 Å². The molecule has 2 rings (SSSR count). The number of ether oxygens (including phenoxy) is 1. The first-order valence-electron chi connectivity index (χ1n) is 7.58. The van der Waals surface area contributed by atoms with Gasteiger partial charge in [-0.3, -0.25) is 9.59 Å². The number of hydrogen-bond donors (Lipinski definition) is 2. The zero-order valence-corrected chi connectivity index (χ0v) is 12.8. The van der Waals surface area contributed by atoms with Crippen LogP contribution in [-0.2, 0) is 9.59 Å². The summed E-state index contributed by atoms with van der Waals surface area (Å²) in [6, 6.07) is 5.85. The van der Waals surface area contributed by atoms with Crippen molar-refractivity contribution in [2.24, 2.45) is 11.8 Å². The average Bonchev–Trinajstić information content (AvgIpc) is 2.53. The number of carbonyl (C=O) groups is 2. The van der Waals surface area contributed by atoms with Crippen molar-refractivity contribution < 1.29 is 32.6 Å². The summed E-state index contributed by atoms with van der Waals surface area (Å²) in [5.74, 6) is -2.44. The van der Waals surface area contributed by atoms with Gasteiger partial charge in [-0.05, 0) is 31.4 Å². The molecule has 1 aliphatic carbocycles. The maximum Gasteiger partial charge on any atom is 0.422 e. The van der Waals surface area contributed by atoms with Gasteiger partial charge in [-0.15, -0.1) is 0 Å². The molecule has 24 heavy (non-hydrogen) atoms. The van der Waals surface area contributed by atoms with E-state index >= 15 is 0 Å². The minimum Gasteiger partial charge on any atom is -0.482 e. The molecule has 0 radical (unpaired) electrons. The summed E-state index contributed by atoms with van der Waals surface area (Å²) >= 11 is 0. The number of halogens is 3. The number of benzene rings is 1. The summed E-state index contributed by atoms with van der Waals surface area (Å²) in [6.07, 6.45) is -2.53. The number of hydrogen-bond acceptors (Lipinski definition) is 3. The maximum absolute atomic E-state index is 12.3. The minimum atomic E-state index is -4.48. The topological polar surface area (TPSA) is 75.6 Å². The van der Waals surface area contributed by atoms with Gasteiger partial charge >= 0.3 is 12.1 Å². The van der Waals surface area contributed by atoms with Crippen molar-refractivity contribution in [1.82, 2.24) is 0 Å². The highest BCUT2D eigenvalue weighted by molar-refractivity contribution is 5.94. The highest BCUT2D eigenvalue weighted by atomic mass is 19.4. The van der Waals surface area contributed by atoms with Gasteiger partial charge in [-0.2, -0.15) is 13.2 Å². The molecule has 132 valence electrons. The minimum absolute atomic E-state index is 0.0752. The first kappa shape index (κ1) is 18.1. The molecule has 2 N–H and O–H groups in total. The lowest BCUT2D eigenvalue weighted by molar-refractivity contribution is -0.153. The number of rotatable bonds is 5. The van der Waals surface area contributed by atoms with Crippen LogP contribution in [0.4, 0.5) is 18.9 Å². The van der Waals surface area contributed by atoms with E-state index in [2.05, 4.69) is 5.32 Å². The second-order valence-corrected chi connectivity index (χ2v) is 5.79. The predicted octanol–water partition coefficient (Wildman–Crippen LogP) is 3.46. The zero-order valence-electron chi connectivity index (χ0n) is 12.8. The van der Waals surface area contributed by atoms with E-state index in [0.717, 1.165) is 0 Å². The Labute approximate surface area is 136 Å². The van der Waals surface area contributed by atoms with E-state index < -0.39 is 36.5 Å². The molecule has 1 fully saturated rings. The Bertz CT molecular complexity index is 603. The lowest BCUT2D eigenvalue weighted by Gasteiger charge is -2.26. The van der Waals surface area contributed by atoms with Crippen molar-refractivity contribution in [3.8, 4) is 5.75 Å². The molecule has 8 heteroatoms. The number of aliphatic carboxylic acids is 1. The number of anilines is 1. The largest absolute Gasteiger partial charge is 0.482 e. The standard InChI is InChI=1S/C16H18F3NO4/c17-16(18,19)9-24-13-7-2-1-6-12(13)20-14(21)10-4-3-5-11(8-10)15(22)23/h1-2,6-7,10-11H,3-5,8-9H2,(H,20,21)(H,22,23). The lowest BCUT2D eigenvalue weighted by atomic mass is 9.81. The third-order valence-electron chi connectivity index (χ3n) is 3.93. The van der Waals surface area contributed by atoms with Crippen molar-refractivity contribution in [1.29, 1.82) is 0 Å². The van der Waals surface area contributed by atoms with Gasteiger partial charge in [-0.25, -0.2) is 0 Å². The third kappa shape index (κ3) is 5.14. The average molecular weight is 345 g/mol. The molecular formula is C16H18F3NO4. The monoisotopic (exact) mass is 345 g/mol. The van der Waals surface area contributed by atoms with E-state index in [0.29, 0.717) is 19.3 Å². The number of nitrogens with one attached hydrogen (secondary N) is 1. The van der Waals surface area contributed by atoms with Crippen LogP contribution in [0.3, 0.4) is 0 Å². The van der Waals surface area contributed by atoms with Gasteiger partial charge in [0.1, 0.15) is 5.75 Å². The summed E-state index contributed by atoms with van der Waals surface area (Å²) < 4.78 is 41.5. The lowest BCUT2D eigenvalue weighted by Crippen LogP contribution is -2.31. The van der Waals surface area contributed by atoms with Gasteiger partial charge in [0, 0.05) is 5.92 Å². The van der Waals surface area contributed by atoms with Crippen LogP contribution in [0.2, 0.25) is 0 Å². The van der Waals surface area contributed by atoms with Crippen molar-refractivity contribution in [3.05, 3.63) is 24.3 Å². The van der Waals surface area contributed by atoms with Crippen molar-refractivity contribution in [2.75, 3.05) is 11.9 Å². The Morgan fingerprint density at radius 3 is 2.54 bits per heavy atom. The SMILES string of the molecule is O=C(O)C1CCCC(C(=O)Nc2ccccc2OCC(F)(F)F)C1. The molecule has 1 aromatic carbocycles. The summed E-state index contributed by atoms with van der Waals surface area (Å²) in [4.78, 5) is 23.4. The molecule has 0 spiro atoms. The molecule has 0 aliphatic heterocycles. The number of carboxylic acids is 1. The van der Waals surface area contributed by atoms with Gasteiger partial charge in [0.15, 0.2) is 6.61 Å². The van der Waals surface area contributed by atoms with E-state index in [1.54, 1.807) is 6.07 Å². The van der Waals surface area contributed by atoms with Crippen LogP contribution >= 0.6 is 0 Å². The maximum atomic E-state index is 12.3. The quantitative estimate of drug-likeness (QED) is 0.857. The smallest absolute Gasteiger partial charge is 0.422 e. The van der Waals surface area contributed by atoms with E-state index in [1.165, 1.54) is 18.2 Å². The van der Waals surface area contributed by atoms with Crippen LogP contribution in [-0.4, -0.2) is 29.8 Å². The second kappa shape index (κ2) is 7.55. The van der Waals surface area contributed by atoms with E-state index in [9.17, 15) is 22.8 Å². The molecule has 2 unspecified atom stereocenters. The summed E-state index contributed by atoms with van der Waals surface area (Å²) in [7, 11) is 0. The van der Waals surface area contributed by atoms with Gasteiger partial charge in [0.05, 0.1) is 11.6 Å². The molecule has 0 aromatic heterocycles. The molecule has 2 atom stereocenters. The highest BCUT2D eigenvalue weighted by Gasteiger charge is 2.32. The number of alkyl halides is 3. The molecule has 1 saturated carbocycles. The fourth-order valence-corrected chi connectivity index (χ4v) is 2.74. The van der Waals surface area contributed by atoms with Crippen molar-refractivity contribution >= 4 is 17.6 Å². The van der Waals surface area contributed by atoms with Gasteiger partial charge in [0.2, 0.25) is 5.91 Å². The number of para-hydroxylation sites is 2. The van der Waals surface area contributed by atoms with Crippen LogP contribution in [0.1, 0.15) is 25.7 Å².